The number of nitrogens with zero attached hydrogens (tertiary/aromatic N) is 3. The molecule has 2 heterocycles. The molecule has 8 heteroatoms. The molecule has 0 saturated carbocycles. The molecule has 1 aromatic heterocycles. The first-order valence-electron chi connectivity index (χ1n) is 10.3. The van der Waals surface area contributed by atoms with Gasteiger partial charge in [-0.15, -0.1) is 0 Å². The summed E-state index contributed by atoms with van der Waals surface area (Å²) in [4.78, 5) is 20.6. The minimum atomic E-state index is -1.93. The van der Waals surface area contributed by atoms with Crippen LogP contribution in [0.25, 0.3) is 0 Å². The molecule has 0 unspecified atom stereocenters. The van der Waals surface area contributed by atoms with Gasteiger partial charge in [0, 0.05) is 26.2 Å². The Kier molecular flexibility index (Phi) is 6.35. The minimum Gasteiger partial charge on any atom is -0.542 e. The van der Waals surface area contributed by atoms with E-state index in [1.54, 1.807) is 29.3 Å². The maximum atomic E-state index is 14.0. The average Bonchev–Trinajstić information content (AvgIpc) is 2.69. The van der Waals surface area contributed by atoms with Gasteiger partial charge in [-0.05, 0) is 42.4 Å². The molecular weight excluding hydrogens is 399 g/mol. The number of hydrogen-bond donors (Lipinski definition) is 1. The molecule has 0 spiro atoms. The van der Waals surface area contributed by atoms with Gasteiger partial charge in [-0.2, -0.15) is 0 Å². The Labute approximate surface area is 179 Å². The zero-order valence-electron chi connectivity index (χ0n) is 18.4. The number of halogens is 1. The molecule has 162 valence electrons. The van der Waals surface area contributed by atoms with E-state index in [9.17, 15) is 9.18 Å². The van der Waals surface area contributed by atoms with E-state index in [1.807, 2.05) is 17.0 Å². The average molecular weight is 431 g/mol. The van der Waals surface area contributed by atoms with Gasteiger partial charge in [0.15, 0.2) is 0 Å². The third kappa shape index (κ3) is 5.10. The Balaban J connectivity index is 1.54. The monoisotopic (exact) mass is 430 g/mol. The van der Waals surface area contributed by atoms with Gasteiger partial charge in [0.25, 0.3) is 8.32 Å². The number of para-hydroxylation sites is 1. The number of hydrogen-bond acceptors (Lipinski definition) is 4. The number of pyridine rings is 1. The highest BCUT2D eigenvalue weighted by Gasteiger charge is 2.39. The molecule has 0 radical (unpaired) electrons. The normalized spacial score (nSPS) is 15.1. The lowest BCUT2D eigenvalue weighted by atomic mass is 10.2. The van der Waals surface area contributed by atoms with Crippen LogP contribution < -0.4 is 14.6 Å². The number of nitrogens with one attached hydrogen (secondary N) is 1. The zero-order valence-corrected chi connectivity index (χ0v) is 19.4. The Morgan fingerprint density at radius 3 is 2.33 bits per heavy atom. The van der Waals surface area contributed by atoms with Crippen molar-refractivity contribution in [2.75, 3.05) is 36.4 Å². The van der Waals surface area contributed by atoms with Crippen LogP contribution in [0.15, 0.2) is 42.6 Å². The maximum absolute atomic E-state index is 14.0. The quantitative estimate of drug-likeness (QED) is 0.697. The number of carbonyl (C=O) groups is 1. The second-order valence-corrected chi connectivity index (χ2v) is 13.8. The van der Waals surface area contributed by atoms with E-state index in [2.05, 4.69) is 44.2 Å². The van der Waals surface area contributed by atoms with Gasteiger partial charge in [-0.3, -0.25) is 5.32 Å². The number of anilines is 2. The predicted molar refractivity (Wildman–Crippen MR) is 121 cm³/mol. The first kappa shape index (κ1) is 22.1. The number of amides is 2. The van der Waals surface area contributed by atoms with E-state index in [-0.39, 0.29) is 16.9 Å². The number of urea groups is 1. The van der Waals surface area contributed by atoms with Gasteiger partial charge in [0.1, 0.15) is 17.4 Å². The highest BCUT2D eigenvalue weighted by Crippen LogP contribution is 2.37. The lowest BCUT2D eigenvalue weighted by Gasteiger charge is -2.36. The largest absolute Gasteiger partial charge is 0.542 e. The number of carbonyl (C=O) groups excluding carboxylic acids is 1. The molecule has 2 amide bonds. The summed E-state index contributed by atoms with van der Waals surface area (Å²) in [7, 11) is -1.93. The van der Waals surface area contributed by atoms with Gasteiger partial charge < -0.3 is 14.2 Å². The SMILES string of the molecule is CC(C)(C)[Si](C)(C)Oc1ccc(NC(=O)N2CCN(c3ccccc3F)CC2)nc1. The smallest absolute Gasteiger partial charge is 0.323 e. The van der Waals surface area contributed by atoms with Gasteiger partial charge in [-0.1, -0.05) is 32.9 Å². The summed E-state index contributed by atoms with van der Waals surface area (Å²) in [5.41, 5.74) is 0.580. The Morgan fingerprint density at radius 1 is 1.10 bits per heavy atom. The van der Waals surface area contributed by atoms with Crippen LogP contribution in [0, 0.1) is 5.82 Å². The van der Waals surface area contributed by atoms with Crippen LogP contribution in [0.2, 0.25) is 18.1 Å². The van der Waals surface area contributed by atoms with Gasteiger partial charge in [0.2, 0.25) is 0 Å². The van der Waals surface area contributed by atoms with Crippen LogP contribution in [-0.2, 0) is 0 Å². The molecule has 0 atom stereocenters. The van der Waals surface area contributed by atoms with E-state index in [4.69, 9.17) is 4.43 Å². The van der Waals surface area contributed by atoms with Crippen molar-refractivity contribution in [2.24, 2.45) is 0 Å². The number of rotatable bonds is 4. The summed E-state index contributed by atoms with van der Waals surface area (Å²) in [6.45, 7) is 13.1. The van der Waals surface area contributed by atoms with Crippen molar-refractivity contribution in [3.05, 3.63) is 48.4 Å². The fraction of sp³-hybridized carbons (Fsp3) is 0.455. The summed E-state index contributed by atoms with van der Waals surface area (Å²) < 4.78 is 20.2. The van der Waals surface area contributed by atoms with E-state index in [0.717, 1.165) is 5.75 Å². The van der Waals surface area contributed by atoms with Crippen molar-refractivity contribution in [1.29, 1.82) is 0 Å². The Morgan fingerprint density at radius 2 is 1.77 bits per heavy atom. The maximum Gasteiger partial charge on any atom is 0.323 e. The van der Waals surface area contributed by atoms with Crippen molar-refractivity contribution in [2.45, 2.75) is 38.9 Å². The summed E-state index contributed by atoms with van der Waals surface area (Å²) in [6, 6.07) is 10.1. The van der Waals surface area contributed by atoms with Crippen LogP contribution in [0.1, 0.15) is 20.8 Å². The van der Waals surface area contributed by atoms with Crippen LogP contribution in [0.3, 0.4) is 0 Å². The van der Waals surface area contributed by atoms with Crippen LogP contribution in [-0.4, -0.2) is 50.4 Å². The zero-order chi connectivity index (χ0) is 21.9. The standard InChI is InChI=1S/C22H31FN4O2Si/c1-22(2,3)30(4,5)29-17-10-11-20(24-16-17)25-21(28)27-14-12-26(13-15-27)19-9-7-6-8-18(19)23/h6-11,16H,12-15H2,1-5H3,(H,24,25,28). The molecule has 1 N–H and O–H groups in total. The van der Waals surface area contributed by atoms with Gasteiger partial charge >= 0.3 is 6.03 Å². The lowest BCUT2D eigenvalue weighted by molar-refractivity contribution is 0.208. The summed E-state index contributed by atoms with van der Waals surface area (Å²) in [5, 5.41) is 2.94. The molecule has 1 aliphatic rings. The Bertz CT molecular complexity index is 875. The van der Waals surface area contributed by atoms with E-state index >= 15 is 0 Å². The van der Waals surface area contributed by atoms with Gasteiger partial charge in [-0.25, -0.2) is 14.2 Å². The molecular formula is C22H31FN4O2Si. The van der Waals surface area contributed by atoms with E-state index < -0.39 is 8.32 Å². The van der Waals surface area contributed by atoms with Crippen molar-refractivity contribution in [3.63, 3.8) is 0 Å². The highest BCUT2D eigenvalue weighted by molar-refractivity contribution is 6.74. The first-order chi connectivity index (χ1) is 14.1. The number of piperazine rings is 1. The molecule has 6 nitrogen and oxygen atoms in total. The van der Waals surface area contributed by atoms with Crippen LogP contribution in [0.5, 0.6) is 5.75 Å². The molecule has 0 aliphatic carbocycles. The first-order valence-corrected chi connectivity index (χ1v) is 13.2. The van der Waals surface area contributed by atoms with E-state index in [1.165, 1.54) is 6.07 Å². The topological polar surface area (TPSA) is 57.7 Å². The third-order valence-corrected chi connectivity index (χ3v) is 10.3. The molecule has 30 heavy (non-hydrogen) atoms. The minimum absolute atomic E-state index is 0.102. The molecule has 0 bridgehead atoms. The van der Waals surface area contributed by atoms with Crippen molar-refractivity contribution >= 4 is 25.9 Å². The molecule has 3 rings (SSSR count). The van der Waals surface area contributed by atoms with Crippen LogP contribution in [0.4, 0.5) is 20.7 Å². The van der Waals surface area contributed by atoms with Crippen molar-refractivity contribution < 1.29 is 13.6 Å². The third-order valence-electron chi connectivity index (χ3n) is 5.91. The molecule has 1 fully saturated rings. The molecule has 2 aromatic rings. The molecule has 1 saturated heterocycles. The second kappa shape index (κ2) is 8.63. The van der Waals surface area contributed by atoms with Crippen molar-refractivity contribution in [3.8, 4) is 5.75 Å². The fourth-order valence-corrected chi connectivity index (χ4v) is 4.03. The van der Waals surface area contributed by atoms with Crippen molar-refractivity contribution in [1.82, 2.24) is 9.88 Å². The van der Waals surface area contributed by atoms with Gasteiger partial charge in [0.05, 0.1) is 11.9 Å². The fourth-order valence-electron chi connectivity index (χ4n) is 3.01. The highest BCUT2D eigenvalue weighted by atomic mass is 28.4. The lowest BCUT2D eigenvalue weighted by Crippen LogP contribution is -2.50. The summed E-state index contributed by atoms with van der Waals surface area (Å²) in [5.74, 6) is 0.969. The summed E-state index contributed by atoms with van der Waals surface area (Å²) >= 11 is 0. The Hall–Kier alpha value is -2.61. The van der Waals surface area contributed by atoms with Crippen LogP contribution >= 0.6 is 0 Å². The molecule has 1 aromatic carbocycles. The number of benzene rings is 1. The molecule has 1 aliphatic heterocycles. The predicted octanol–water partition coefficient (Wildman–Crippen LogP) is 4.96. The number of aromatic nitrogens is 1. The second-order valence-electron chi connectivity index (χ2n) is 9.10. The van der Waals surface area contributed by atoms with E-state index in [0.29, 0.717) is 37.7 Å². The summed E-state index contributed by atoms with van der Waals surface area (Å²) in [6.07, 6.45) is 1.66.